The molecule has 0 N–H and O–H groups in total. The second kappa shape index (κ2) is 7.10. The van der Waals surface area contributed by atoms with E-state index >= 15 is 0 Å². The quantitative estimate of drug-likeness (QED) is 0.606. The molecule has 0 saturated carbocycles. The number of rotatable bonds is 4. The third-order valence-electron chi connectivity index (χ3n) is 1.54. The maximum atomic E-state index is 6.17. The summed E-state index contributed by atoms with van der Waals surface area (Å²) in [5.74, 6) is 0.833. The van der Waals surface area contributed by atoms with Gasteiger partial charge in [-0.25, -0.2) is 0 Å². The molecule has 1 nitrogen and oxygen atoms in total. The lowest BCUT2D eigenvalue weighted by Gasteiger charge is -2.37. The third-order valence-corrected chi connectivity index (χ3v) is 4.62. The molecule has 0 aromatic heterocycles. The summed E-state index contributed by atoms with van der Waals surface area (Å²) in [6.07, 6.45) is 0. The maximum absolute atomic E-state index is 6.17. The Morgan fingerprint density at radius 1 is 0.882 bits per heavy atom. The molecule has 0 fully saturated rings. The predicted molar refractivity (Wildman–Crippen MR) is 87.2 cm³/mol. The first-order valence-corrected chi connectivity index (χ1v) is 14.0. The van der Waals surface area contributed by atoms with Gasteiger partial charge in [0.15, 0.2) is 8.32 Å². The molecule has 0 spiro atoms. The Morgan fingerprint density at radius 3 is 1.35 bits per heavy atom. The van der Waals surface area contributed by atoms with E-state index in [1.165, 1.54) is 6.04 Å². The summed E-state index contributed by atoms with van der Waals surface area (Å²) < 4.78 is 6.17. The molecule has 3 heteroatoms. The standard InChI is InChI=1S/C10H26OSi2.C4H10/c1-10(2,9-12(3,4)5)11-13(6,7)8;1-4(2)3/h9H2,1-8H3;4H,1-3H3. The zero-order valence-electron chi connectivity index (χ0n) is 14.2. The molecule has 0 radical (unpaired) electrons. The van der Waals surface area contributed by atoms with E-state index < -0.39 is 16.4 Å². The molecule has 0 heterocycles. The van der Waals surface area contributed by atoms with Gasteiger partial charge in [0.1, 0.15) is 0 Å². The molecule has 0 atom stereocenters. The first-order valence-electron chi connectivity index (χ1n) is 6.85. The molecule has 0 unspecified atom stereocenters. The monoisotopic (exact) mass is 276 g/mol. The Morgan fingerprint density at radius 2 is 1.18 bits per heavy atom. The summed E-state index contributed by atoms with van der Waals surface area (Å²) in [7, 11) is -2.37. The highest BCUT2D eigenvalue weighted by Crippen LogP contribution is 2.27. The van der Waals surface area contributed by atoms with Crippen LogP contribution in [0.3, 0.4) is 0 Å². The van der Waals surface area contributed by atoms with Gasteiger partial charge in [-0.2, -0.15) is 0 Å². The van der Waals surface area contributed by atoms with Gasteiger partial charge in [-0.15, -0.1) is 0 Å². The van der Waals surface area contributed by atoms with Gasteiger partial charge in [-0.05, 0) is 45.5 Å². The smallest absolute Gasteiger partial charge is 0.184 e. The lowest BCUT2D eigenvalue weighted by Crippen LogP contribution is -2.42. The van der Waals surface area contributed by atoms with Crippen LogP contribution in [-0.4, -0.2) is 22.0 Å². The van der Waals surface area contributed by atoms with Crippen molar-refractivity contribution in [2.45, 2.75) is 85.5 Å². The van der Waals surface area contributed by atoms with Crippen LogP contribution in [0.2, 0.25) is 45.3 Å². The van der Waals surface area contributed by atoms with Crippen LogP contribution in [0.5, 0.6) is 0 Å². The van der Waals surface area contributed by atoms with Crippen molar-refractivity contribution in [3.8, 4) is 0 Å². The molecule has 0 amide bonds. The summed E-state index contributed by atoms with van der Waals surface area (Å²) in [6.45, 7) is 25.0. The number of hydrogen-bond acceptors (Lipinski definition) is 1. The van der Waals surface area contributed by atoms with E-state index in [4.69, 9.17) is 4.43 Å². The van der Waals surface area contributed by atoms with Gasteiger partial charge in [-0.1, -0.05) is 40.4 Å². The van der Waals surface area contributed by atoms with Gasteiger partial charge in [0.2, 0.25) is 0 Å². The molecule has 0 saturated heterocycles. The summed E-state index contributed by atoms with van der Waals surface area (Å²) in [4.78, 5) is 0. The molecular weight excluding hydrogens is 240 g/mol. The molecule has 0 aliphatic heterocycles. The zero-order chi connectivity index (χ0) is 14.5. The van der Waals surface area contributed by atoms with Gasteiger partial charge in [0, 0.05) is 13.7 Å². The van der Waals surface area contributed by atoms with Crippen LogP contribution < -0.4 is 0 Å². The Bertz CT molecular complexity index is 176. The first-order chi connectivity index (χ1) is 7.15. The minimum atomic E-state index is -1.37. The molecule has 0 aliphatic carbocycles. The largest absolute Gasteiger partial charge is 0.413 e. The molecule has 106 valence electrons. The normalized spacial score (nSPS) is 13.4. The van der Waals surface area contributed by atoms with Crippen molar-refractivity contribution < 1.29 is 4.43 Å². The second-order valence-electron chi connectivity index (χ2n) is 8.44. The average molecular weight is 277 g/mol. The Balaban J connectivity index is 0. The summed E-state index contributed by atoms with van der Waals surface area (Å²) in [6, 6.07) is 1.25. The van der Waals surface area contributed by atoms with E-state index in [1.807, 2.05) is 0 Å². The highest BCUT2D eigenvalue weighted by molar-refractivity contribution is 6.76. The molecular formula is C14H36OSi2. The van der Waals surface area contributed by atoms with Crippen LogP contribution in [0, 0.1) is 5.92 Å². The highest BCUT2D eigenvalue weighted by atomic mass is 28.4. The SMILES string of the molecule is CC(C)(C[Si](C)(C)C)O[Si](C)(C)C.CC(C)C. The minimum Gasteiger partial charge on any atom is -0.413 e. The van der Waals surface area contributed by atoms with Crippen molar-refractivity contribution in [1.29, 1.82) is 0 Å². The van der Waals surface area contributed by atoms with E-state index in [9.17, 15) is 0 Å². The Labute approximate surface area is 112 Å². The second-order valence-corrected chi connectivity index (χ2v) is 18.3. The fraction of sp³-hybridized carbons (Fsp3) is 1.00. The zero-order valence-corrected chi connectivity index (χ0v) is 16.2. The Kier molecular flexibility index (Phi) is 8.24. The van der Waals surface area contributed by atoms with E-state index in [1.54, 1.807) is 0 Å². The first kappa shape index (κ1) is 19.7. The van der Waals surface area contributed by atoms with Crippen molar-refractivity contribution in [2.75, 3.05) is 0 Å². The van der Waals surface area contributed by atoms with Crippen LogP contribution in [0.15, 0.2) is 0 Å². The van der Waals surface area contributed by atoms with Gasteiger partial charge in [0.05, 0.1) is 0 Å². The summed E-state index contributed by atoms with van der Waals surface area (Å²) >= 11 is 0. The molecule has 17 heavy (non-hydrogen) atoms. The van der Waals surface area contributed by atoms with E-state index in [2.05, 4.69) is 73.9 Å². The van der Waals surface area contributed by atoms with E-state index in [0.717, 1.165) is 5.92 Å². The van der Waals surface area contributed by atoms with Gasteiger partial charge < -0.3 is 4.43 Å². The maximum Gasteiger partial charge on any atom is 0.184 e. The Hall–Kier alpha value is 0.394. The van der Waals surface area contributed by atoms with E-state index in [0.29, 0.717) is 0 Å². The van der Waals surface area contributed by atoms with Crippen molar-refractivity contribution >= 4 is 16.4 Å². The van der Waals surface area contributed by atoms with Crippen LogP contribution in [0.1, 0.15) is 34.6 Å². The molecule has 0 bridgehead atoms. The third kappa shape index (κ3) is 22.1. The lowest BCUT2D eigenvalue weighted by atomic mass is 10.2. The fourth-order valence-electron chi connectivity index (χ4n) is 2.14. The molecule has 0 aliphatic rings. The van der Waals surface area contributed by atoms with Crippen molar-refractivity contribution in [1.82, 2.24) is 0 Å². The topological polar surface area (TPSA) is 9.23 Å². The predicted octanol–water partition coefficient (Wildman–Crippen LogP) is 5.62. The molecule has 0 rings (SSSR count). The van der Waals surface area contributed by atoms with Gasteiger partial charge >= 0.3 is 0 Å². The fourth-order valence-corrected chi connectivity index (χ4v) is 6.64. The van der Waals surface area contributed by atoms with Crippen molar-refractivity contribution in [2.24, 2.45) is 5.92 Å². The van der Waals surface area contributed by atoms with E-state index in [-0.39, 0.29) is 5.60 Å². The molecule has 0 aromatic rings. The lowest BCUT2D eigenvalue weighted by molar-refractivity contribution is 0.121. The van der Waals surface area contributed by atoms with Crippen molar-refractivity contribution in [3.05, 3.63) is 0 Å². The van der Waals surface area contributed by atoms with Crippen LogP contribution in [0.4, 0.5) is 0 Å². The summed E-state index contributed by atoms with van der Waals surface area (Å²) in [5.41, 5.74) is 0.0922. The molecule has 0 aromatic carbocycles. The average Bonchev–Trinajstić information content (AvgIpc) is 1.68. The highest BCUT2D eigenvalue weighted by Gasteiger charge is 2.31. The summed E-state index contributed by atoms with van der Waals surface area (Å²) in [5, 5.41) is 0. The van der Waals surface area contributed by atoms with Gasteiger partial charge in [-0.3, -0.25) is 0 Å². The van der Waals surface area contributed by atoms with Crippen molar-refractivity contribution in [3.63, 3.8) is 0 Å². The minimum absolute atomic E-state index is 0.0922. The van der Waals surface area contributed by atoms with Crippen LogP contribution in [0.25, 0.3) is 0 Å². The van der Waals surface area contributed by atoms with Gasteiger partial charge in [0.25, 0.3) is 0 Å². The van der Waals surface area contributed by atoms with Crippen LogP contribution >= 0.6 is 0 Å². The number of hydrogen-bond donors (Lipinski definition) is 0. The van der Waals surface area contributed by atoms with Crippen LogP contribution in [-0.2, 0) is 4.43 Å².